The first-order chi connectivity index (χ1) is 12.6. The molecule has 0 unspecified atom stereocenters. The summed E-state index contributed by atoms with van der Waals surface area (Å²) >= 11 is -0.892. The Labute approximate surface area is 171 Å². The van der Waals surface area contributed by atoms with Crippen molar-refractivity contribution in [3.8, 4) is 0 Å². The summed E-state index contributed by atoms with van der Waals surface area (Å²) in [4.78, 5) is 14.4. The van der Waals surface area contributed by atoms with E-state index in [0.717, 1.165) is 16.9 Å². The molecule has 2 radical (unpaired) electrons. The van der Waals surface area contributed by atoms with E-state index in [0.29, 0.717) is 9.19 Å². The fourth-order valence-electron chi connectivity index (χ4n) is 3.56. The molecule has 1 aromatic rings. The first-order valence-corrected chi connectivity index (χ1v) is 13.6. The van der Waals surface area contributed by atoms with Gasteiger partial charge in [-0.1, -0.05) is 0 Å². The van der Waals surface area contributed by atoms with Crippen LogP contribution in [0.3, 0.4) is 0 Å². The number of hydrogen-bond donors (Lipinski definition) is 0. The average Bonchev–Trinajstić information content (AvgIpc) is 3.12. The Morgan fingerprint density at radius 3 is 1.85 bits per heavy atom. The third-order valence-electron chi connectivity index (χ3n) is 5.28. The monoisotopic (exact) mass is 469 g/mol. The Morgan fingerprint density at radius 2 is 1.42 bits per heavy atom. The van der Waals surface area contributed by atoms with Crippen molar-refractivity contribution in [2.75, 3.05) is 13.1 Å². The minimum atomic E-state index is -0.892. The van der Waals surface area contributed by atoms with Gasteiger partial charge in [0.25, 0.3) is 0 Å². The molecule has 0 bridgehead atoms. The van der Waals surface area contributed by atoms with Crippen LogP contribution in [0.2, 0.25) is 3.43 Å². The molecule has 0 aliphatic heterocycles. The van der Waals surface area contributed by atoms with Crippen molar-refractivity contribution in [2.24, 2.45) is 0 Å². The molecule has 0 N–H and O–H groups in total. The number of amides is 1. The van der Waals surface area contributed by atoms with E-state index in [1.165, 1.54) is 57.8 Å². The van der Waals surface area contributed by atoms with Gasteiger partial charge < -0.3 is 0 Å². The molecule has 148 valence electrons. The summed E-state index contributed by atoms with van der Waals surface area (Å²) in [5, 5.41) is 0. The molecule has 4 heteroatoms. The van der Waals surface area contributed by atoms with Crippen molar-refractivity contribution in [1.82, 2.24) is 4.90 Å². The molecule has 0 saturated carbocycles. The average molecular weight is 468 g/mol. The molecule has 0 atom stereocenters. The van der Waals surface area contributed by atoms with E-state index in [1.807, 2.05) is 24.8 Å². The molecule has 1 rings (SSSR count). The van der Waals surface area contributed by atoms with Gasteiger partial charge in [-0.2, -0.15) is 0 Å². The van der Waals surface area contributed by atoms with Gasteiger partial charge in [-0.25, -0.2) is 0 Å². The molecule has 0 fully saturated rings. The zero-order valence-electron chi connectivity index (χ0n) is 17.7. The summed E-state index contributed by atoms with van der Waals surface area (Å²) in [7, 11) is 0. The summed E-state index contributed by atoms with van der Waals surface area (Å²) in [5.74, 6) is 0.585. The topological polar surface area (TPSA) is 33.5 Å². The van der Waals surface area contributed by atoms with Crippen molar-refractivity contribution < 1.29 is 9.21 Å². The number of carbonyl (C=O) groups excluding carboxylic acids is 1. The molecule has 26 heavy (non-hydrogen) atoms. The summed E-state index contributed by atoms with van der Waals surface area (Å²) in [6.07, 6.45) is 11.8. The van der Waals surface area contributed by atoms with E-state index < -0.39 is 21.1 Å². The SMILES string of the molecule is CCCC[C](CCCC)(CCCC)[Sn][c]1ccc(C(=O)N(CC)CC)o1. The van der Waals surface area contributed by atoms with Crippen molar-refractivity contribution in [3.63, 3.8) is 0 Å². The zero-order valence-corrected chi connectivity index (χ0v) is 20.6. The van der Waals surface area contributed by atoms with Crippen LogP contribution in [0.15, 0.2) is 16.5 Å². The van der Waals surface area contributed by atoms with Gasteiger partial charge in [0.05, 0.1) is 0 Å². The van der Waals surface area contributed by atoms with Gasteiger partial charge in [0, 0.05) is 0 Å². The Balaban J connectivity index is 2.96. The summed E-state index contributed by atoms with van der Waals surface area (Å²) in [6, 6.07) is 4.03. The Kier molecular flexibility index (Phi) is 11.7. The molecule has 0 saturated heterocycles. The van der Waals surface area contributed by atoms with Gasteiger partial charge in [0.2, 0.25) is 0 Å². The summed E-state index contributed by atoms with van der Waals surface area (Å²) in [6.45, 7) is 12.4. The number of unbranched alkanes of at least 4 members (excludes halogenated alkanes) is 3. The van der Waals surface area contributed by atoms with Gasteiger partial charge in [0.1, 0.15) is 0 Å². The standard InChI is InChI=1S/C13H27.C9H12NO2.Sn/c1-4-7-10-13(11-8-5-2)12-9-6-3;1-3-10(4-2)9(11)8-6-5-7-12-8;/h4-12H2,1-3H3;5-6H,3-4H2,1-2H3;. The van der Waals surface area contributed by atoms with Gasteiger partial charge in [-0.05, 0) is 0 Å². The second-order valence-electron chi connectivity index (χ2n) is 7.36. The first kappa shape index (κ1) is 23.6. The molecule has 1 heterocycles. The second-order valence-corrected chi connectivity index (χ2v) is 12.5. The van der Waals surface area contributed by atoms with Gasteiger partial charge in [-0.3, -0.25) is 0 Å². The van der Waals surface area contributed by atoms with Crippen LogP contribution in [0.5, 0.6) is 0 Å². The Bertz CT molecular complexity index is 486. The van der Waals surface area contributed by atoms with Crippen LogP contribution in [0.4, 0.5) is 0 Å². The van der Waals surface area contributed by atoms with E-state index in [2.05, 4.69) is 26.8 Å². The van der Waals surface area contributed by atoms with Gasteiger partial charge in [-0.15, -0.1) is 0 Å². The van der Waals surface area contributed by atoms with Crippen LogP contribution in [0, 0.1) is 0 Å². The molecule has 0 aromatic carbocycles. The normalized spacial score (nSPS) is 11.7. The van der Waals surface area contributed by atoms with E-state index >= 15 is 0 Å². The zero-order chi connectivity index (χ0) is 19.4. The molecule has 0 spiro atoms. The maximum absolute atomic E-state index is 12.6. The van der Waals surface area contributed by atoms with E-state index in [9.17, 15) is 4.79 Å². The van der Waals surface area contributed by atoms with E-state index in [-0.39, 0.29) is 5.91 Å². The Morgan fingerprint density at radius 1 is 0.923 bits per heavy atom. The van der Waals surface area contributed by atoms with Crippen LogP contribution in [-0.2, 0) is 0 Å². The van der Waals surface area contributed by atoms with Crippen LogP contribution in [0.1, 0.15) is 103 Å². The molecular weight excluding hydrogens is 429 g/mol. The molecular formula is C22H39NO2Sn. The van der Waals surface area contributed by atoms with Crippen molar-refractivity contribution in [2.45, 2.75) is 95.8 Å². The van der Waals surface area contributed by atoms with E-state index in [1.54, 1.807) is 0 Å². The van der Waals surface area contributed by atoms with Crippen LogP contribution in [-0.4, -0.2) is 45.0 Å². The predicted octanol–water partition coefficient (Wildman–Crippen LogP) is 5.82. The van der Waals surface area contributed by atoms with Gasteiger partial charge in [0.15, 0.2) is 0 Å². The van der Waals surface area contributed by atoms with Crippen molar-refractivity contribution in [3.05, 3.63) is 17.9 Å². The molecule has 1 amide bonds. The fraction of sp³-hybridized carbons (Fsp3) is 0.773. The van der Waals surface area contributed by atoms with E-state index in [4.69, 9.17) is 4.42 Å². The molecule has 0 aliphatic carbocycles. The number of nitrogens with zero attached hydrogens (tertiary/aromatic N) is 1. The Hall–Kier alpha value is -0.451. The van der Waals surface area contributed by atoms with Crippen LogP contribution < -0.4 is 3.78 Å². The fourth-order valence-corrected chi connectivity index (χ4v) is 8.57. The summed E-state index contributed by atoms with van der Waals surface area (Å²) < 4.78 is 7.77. The van der Waals surface area contributed by atoms with Crippen LogP contribution >= 0.6 is 0 Å². The third kappa shape index (κ3) is 7.28. The van der Waals surface area contributed by atoms with Crippen molar-refractivity contribution >= 4 is 30.8 Å². The third-order valence-corrected chi connectivity index (χ3v) is 10.4. The first-order valence-electron chi connectivity index (χ1n) is 10.7. The summed E-state index contributed by atoms with van der Waals surface area (Å²) in [5.41, 5.74) is 0. The number of carbonyl (C=O) groups is 1. The second kappa shape index (κ2) is 12.8. The predicted molar refractivity (Wildman–Crippen MR) is 113 cm³/mol. The number of hydrogen-bond acceptors (Lipinski definition) is 2. The molecule has 3 nitrogen and oxygen atoms in total. The maximum atomic E-state index is 12.6. The molecule has 0 aliphatic rings. The van der Waals surface area contributed by atoms with Crippen LogP contribution in [0.25, 0.3) is 0 Å². The number of furan rings is 1. The molecule has 1 aromatic heterocycles. The van der Waals surface area contributed by atoms with Crippen molar-refractivity contribution in [1.29, 1.82) is 0 Å². The minimum absolute atomic E-state index is 0.0434. The van der Waals surface area contributed by atoms with Gasteiger partial charge >= 0.3 is 172 Å². The number of rotatable bonds is 14. The quantitative estimate of drug-likeness (QED) is 0.323.